The van der Waals surface area contributed by atoms with Crippen molar-refractivity contribution in [2.24, 2.45) is 0 Å². The number of nitrogens with two attached hydrogens (primary N) is 1. The standard InChI is InChI=1S/C9H13ClN2O/c10-12-5-4-9(13)7-2-1-3-8(11)6-7/h1-3,6,9,12-13H,4-5,11H2. The van der Waals surface area contributed by atoms with E-state index in [9.17, 15) is 5.11 Å². The number of aliphatic hydroxyl groups is 1. The summed E-state index contributed by atoms with van der Waals surface area (Å²) in [7, 11) is 0. The molecular formula is C9H13ClN2O. The molecule has 0 fully saturated rings. The van der Waals surface area contributed by atoms with E-state index in [0.717, 1.165) is 5.56 Å². The molecule has 0 radical (unpaired) electrons. The van der Waals surface area contributed by atoms with Gasteiger partial charge in [-0.05, 0) is 35.9 Å². The van der Waals surface area contributed by atoms with Gasteiger partial charge in [-0.2, -0.15) is 0 Å². The molecule has 1 rings (SSSR count). The number of nitrogens with one attached hydrogen (secondary N) is 1. The van der Waals surface area contributed by atoms with E-state index in [1.54, 1.807) is 12.1 Å². The third kappa shape index (κ3) is 3.22. The van der Waals surface area contributed by atoms with Crippen molar-refractivity contribution in [2.75, 3.05) is 12.3 Å². The molecule has 1 unspecified atom stereocenters. The normalized spacial score (nSPS) is 12.8. The molecule has 0 aliphatic rings. The van der Waals surface area contributed by atoms with E-state index >= 15 is 0 Å². The van der Waals surface area contributed by atoms with Crippen LogP contribution in [-0.4, -0.2) is 11.7 Å². The zero-order valence-corrected chi connectivity index (χ0v) is 7.96. The molecule has 0 amide bonds. The summed E-state index contributed by atoms with van der Waals surface area (Å²) in [5.74, 6) is 0. The van der Waals surface area contributed by atoms with Crippen molar-refractivity contribution in [3.63, 3.8) is 0 Å². The van der Waals surface area contributed by atoms with Gasteiger partial charge in [-0.25, -0.2) is 4.84 Å². The highest BCUT2D eigenvalue weighted by Gasteiger charge is 2.06. The molecule has 13 heavy (non-hydrogen) atoms. The zero-order chi connectivity index (χ0) is 9.68. The van der Waals surface area contributed by atoms with Gasteiger partial charge in [0, 0.05) is 12.2 Å². The quantitative estimate of drug-likeness (QED) is 0.509. The summed E-state index contributed by atoms with van der Waals surface area (Å²) in [5.41, 5.74) is 7.06. The van der Waals surface area contributed by atoms with Gasteiger partial charge in [-0.15, -0.1) is 0 Å². The number of nitrogen functional groups attached to an aromatic ring is 1. The second-order valence-corrected chi connectivity index (χ2v) is 3.13. The molecule has 1 aromatic rings. The molecule has 3 nitrogen and oxygen atoms in total. The van der Waals surface area contributed by atoms with E-state index in [-0.39, 0.29) is 0 Å². The SMILES string of the molecule is Nc1cccc(C(O)CCNCl)c1. The lowest BCUT2D eigenvalue weighted by Crippen LogP contribution is -2.07. The number of rotatable bonds is 4. The van der Waals surface area contributed by atoms with Crippen LogP contribution in [0.15, 0.2) is 24.3 Å². The van der Waals surface area contributed by atoms with Gasteiger partial charge in [0.05, 0.1) is 6.10 Å². The highest BCUT2D eigenvalue weighted by Crippen LogP contribution is 2.18. The summed E-state index contributed by atoms with van der Waals surface area (Å²) in [4.78, 5) is 2.46. The van der Waals surface area contributed by atoms with Crippen molar-refractivity contribution >= 4 is 17.5 Å². The molecule has 1 aromatic carbocycles. The molecule has 0 aliphatic heterocycles. The van der Waals surface area contributed by atoms with Crippen molar-refractivity contribution < 1.29 is 5.11 Å². The minimum absolute atomic E-state index is 0.505. The van der Waals surface area contributed by atoms with Crippen LogP contribution in [0.3, 0.4) is 0 Å². The first-order valence-electron chi connectivity index (χ1n) is 4.11. The third-order valence-corrected chi connectivity index (χ3v) is 2.00. The minimum Gasteiger partial charge on any atom is -0.399 e. The van der Waals surface area contributed by atoms with E-state index in [1.165, 1.54) is 0 Å². The molecule has 1 atom stereocenters. The Bertz CT molecular complexity index is 268. The molecule has 0 aromatic heterocycles. The Hall–Kier alpha value is -0.770. The molecule has 4 heteroatoms. The molecule has 0 heterocycles. The monoisotopic (exact) mass is 200 g/mol. The molecule has 0 aliphatic carbocycles. The van der Waals surface area contributed by atoms with Crippen LogP contribution in [0.2, 0.25) is 0 Å². The summed E-state index contributed by atoms with van der Waals surface area (Å²) < 4.78 is 0. The fourth-order valence-corrected chi connectivity index (χ4v) is 1.23. The van der Waals surface area contributed by atoms with Crippen molar-refractivity contribution in [2.45, 2.75) is 12.5 Å². The maximum absolute atomic E-state index is 9.62. The second-order valence-electron chi connectivity index (χ2n) is 2.86. The van der Waals surface area contributed by atoms with E-state index in [1.807, 2.05) is 12.1 Å². The van der Waals surface area contributed by atoms with Crippen LogP contribution in [0, 0.1) is 0 Å². The topological polar surface area (TPSA) is 58.3 Å². The van der Waals surface area contributed by atoms with E-state index in [2.05, 4.69) is 4.84 Å². The predicted molar refractivity (Wildman–Crippen MR) is 54.3 cm³/mol. The highest BCUT2D eigenvalue weighted by molar-refractivity contribution is 6.13. The van der Waals surface area contributed by atoms with Crippen LogP contribution in [0.25, 0.3) is 0 Å². The van der Waals surface area contributed by atoms with Crippen LogP contribution in [-0.2, 0) is 0 Å². The van der Waals surface area contributed by atoms with Gasteiger partial charge in [0.25, 0.3) is 0 Å². The fourth-order valence-electron chi connectivity index (χ4n) is 1.12. The summed E-state index contributed by atoms with van der Waals surface area (Å²) in [5, 5.41) is 9.62. The Kier molecular flexibility index (Phi) is 4.02. The summed E-state index contributed by atoms with van der Waals surface area (Å²) >= 11 is 5.28. The average Bonchev–Trinajstić information content (AvgIpc) is 2.14. The molecule has 0 saturated carbocycles. The molecule has 72 valence electrons. The number of anilines is 1. The summed E-state index contributed by atoms with van der Waals surface area (Å²) in [6, 6.07) is 7.21. The maximum Gasteiger partial charge on any atom is 0.0803 e. The van der Waals surface area contributed by atoms with Crippen molar-refractivity contribution in [3.8, 4) is 0 Å². The van der Waals surface area contributed by atoms with Gasteiger partial charge in [-0.3, -0.25) is 0 Å². The molecule has 0 saturated heterocycles. The van der Waals surface area contributed by atoms with Gasteiger partial charge in [0.1, 0.15) is 0 Å². The average molecular weight is 201 g/mol. The Morgan fingerprint density at radius 1 is 1.54 bits per heavy atom. The van der Waals surface area contributed by atoms with Crippen LogP contribution < -0.4 is 10.6 Å². The summed E-state index contributed by atoms with van der Waals surface area (Å²) in [6.45, 7) is 0.567. The van der Waals surface area contributed by atoms with E-state index in [4.69, 9.17) is 17.5 Å². The lowest BCUT2D eigenvalue weighted by molar-refractivity contribution is 0.169. The van der Waals surface area contributed by atoms with E-state index < -0.39 is 6.10 Å². The van der Waals surface area contributed by atoms with Crippen molar-refractivity contribution in [1.29, 1.82) is 0 Å². The first-order chi connectivity index (χ1) is 6.24. The van der Waals surface area contributed by atoms with Crippen LogP contribution in [0.1, 0.15) is 18.1 Å². The van der Waals surface area contributed by atoms with Gasteiger partial charge in [0.15, 0.2) is 0 Å². The number of benzene rings is 1. The maximum atomic E-state index is 9.62. The molecule has 0 bridgehead atoms. The minimum atomic E-state index is -0.505. The molecule has 4 N–H and O–H groups in total. The zero-order valence-electron chi connectivity index (χ0n) is 7.20. The van der Waals surface area contributed by atoms with E-state index in [0.29, 0.717) is 18.7 Å². The Balaban J connectivity index is 2.60. The predicted octanol–water partition coefficient (Wildman–Crippen LogP) is 1.44. The number of aliphatic hydroxyl groups excluding tert-OH is 1. The van der Waals surface area contributed by atoms with Gasteiger partial charge in [0.2, 0.25) is 0 Å². The smallest absolute Gasteiger partial charge is 0.0803 e. The highest BCUT2D eigenvalue weighted by atomic mass is 35.5. The molecule has 0 spiro atoms. The Morgan fingerprint density at radius 3 is 2.92 bits per heavy atom. The van der Waals surface area contributed by atoms with Gasteiger partial charge in [-0.1, -0.05) is 12.1 Å². The van der Waals surface area contributed by atoms with Crippen LogP contribution in [0.5, 0.6) is 0 Å². The third-order valence-electron chi connectivity index (χ3n) is 1.81. The number of hydrogen-bond donors (Lipinski definition) is 3. The second kappa shape index (κ2) is 5.07. The first kappa shape index (κ1) is 10.3. The van der Waals surface area contributed by atoms with Crippen molar-refractivity contribution in [1.82, 2.24) is 4.84 Å². The lowest BCUT2D eigenvalue weighted by atomic mass is 10.1. The Morgan fingerprint density at radius 2 is 2.31 bits per heavy atom. The number of halogens is 1. The first-order valence-corrected chi connectivity index (χ1v) is 4.49. The van der Waals surface area contributed by atoms with Crippen LogP contribution >= 0.6 is 11.8 Å². The van der Waals surface area contributed by atoms with Crippen molar-refractivity contribution in [3.05, 3.63) is 29.8 Å². The molecular weight excluding hydrogens is 188 g/mol. The largest absolute Gasteiger partial charge is 0.399 e. The number of hydrogen-bond acceptors (Lipinski definition) is 3. The summed E-state index contributed by atoms with van der Waals surface area (Å²) in [6.07, 6.45) is 0.0715. The fraction of sp³-hybridized carbons (Fsp3) is 0.333. The van der Waals surface area contributed by atoms with Crippen LogP contribution in [0.4, 0.5) is 5.69 Å². The van der Waals surface area contributed by atoms with Gasteiger partial charge >= 0.3 is 0 Å². The van der Waals surface area contributed by atoms with Gasteiger partial charge < -0.3 is 10.8 Å². The lowest BCUT2D eigenvalue weighted by Gasteiger charge is -2.10. The Labute approximate surface area is 82.6 Å².